The molecule has 2 aromatic carbocycles. The number of carbonyl (C=O) groups excluding carboxylic acids is 1. The SMILES string of the molecule is COc1ccc2[nH]c3cnc(-c4cccnc4)cc3c2c1-c1ccc(C(=O)NCCC2CCN(C)CC2)cc1. The number of ether oxygens (including phenoxy) is 1. The highest BCUT2D eigenvalue weighted by Crippen LogP contribution is 2.41. The first-order valence-electron chi connectivity index (χ1n) is 13.6. The van der Waals surface area contributed by atoms with E-state index in [4.69, 9.17) is 4.74 Å². The third-order valence-electron chi connectivity index (χ3n) is 7.90. The number of nitrogens with zero attached hydrogens (tertiary/aromatic N) is 3. The average Bonchev–Trinajstić information content (AvgIpc) is 3.36. The van der Waals surface area contributed by atoms with Gasteiger partial charge in [-0.1, -0.05) is 12.1 Å². The number of likely N-dealkylation sites (tertiary alicyclic amines) is 1. The predicted octanol–water partition coefficient (Wildman–Crippen LogP) is 5.92. The van der Waals surface area contributed by atoms with Gasteiger partial charge in [-0.25, -0.2) is 0 Å². The molecule has 0 unspecified atom stereocenters. The van der Waals surface area contributed by atoms with E-state index in [9.17, 15) is 4.79 Å². The number of aromatic amines is 1. The second-order valence-electron chi connectivity index (χ2n) is 10.4. The van der Waals surface area contributed by atoms with Crippen LogP contribution in [0.15, 0.2) is 73.2 Å². The van der Waals surface area contributed by atoms with E-state index in [2.05, 4.69) is 38.3 Å². The van der Waals surface area contributed by atoms with Gasteiger partial charge in [0.2, 0.25) is 0 Å². The summed E-state index contributed by atoms with van der Waals surface area (Å²) in [5.41, 5.74) is 6.41. The largest absolute Gasteiger partial charge is 0.496 e. The van der Waals surface area contributed by atoms with Gasteiger partial charge < -0.3 is 19.9 Å². The summed E-state index contributed by atoms with van der Waals surface area (Å²) >= 11 is 0. The second-order valence-corrected chi connectivity index (χ2v) is 10.4. The highest BCUT2D eigenvalue weighted by atomic mass is 16.5. The maximum Gasteiger partial charge on any atom is 0.251 e. The molecule has 4 heterocycles. The number of methoxy groups -OCH3 is 1. The zero-order valence-corrected chi connectivity index (χ0v) is 22.4. The molecule has 0 atom stereocenters. The van der Waals surface area contributed by atoms with Gasteiger partial charge in [-0.15, -0.1) is 0 Å². The summed E-state index contributed by atoms with van der Waals surface area (Å²) < 4.78 is 5.81. The Bertz CT molecular complexity index is 1600. The van der Waals surface area contributed by atoms with E-state index in [1.165, 1.54) is 12.8 Å². The fraction of sp³-hybridized carbons (Fsp3) is 0.281. The molecule has 1 aliphatic rings. The van der Waals surface area contributed by atoms with E-state index in [1.807, 2.05) is 60.9 Å². The van der Waals surface area contributed by atoms with E-state index >= 15 is 0 Å². The van der Waals surface area contributed by atoms with Gasteiger partial charge in [-0.3, -0.25) is 14.8 Å². The van der Waals surface area contributed by atoms with Crippen molar-refractivity contribution in [2.45, 2.75) is 19.3 Å². The van der Waals surface area contributed by atoms with Gasteiger partial charge in [-0.2, -0.15) is 0 Å². The van der Waals surface area contributed by atoms with E-state index in [1.54, 1.807) is 13.3 Å². The minimum Gasteiger partial charge on any atom is -0.496 e. The molecule has 0 bridgehead atoms. The van der Waals surface area contributed by atoms with Gasteiger partial charge in [0.25, 0.3) is 5.91 Å². The summed E-state index contributed by atoms with van der Waals surface area (Å²) in [5.74, 6) is 1.44. The number of fused-ring (bicyclic) bond motifs is 3. The Morgan fingerprint density at radius 1 is 1.05 bits per heavy atom. The summed E-state index contributed by atoms with van der Waals surface area (Å²) in [6, 6.07) is 17.8. The maximum atomic E-state index is 12.9. The molecular formula is C32H33N5O2. The van der Waals surface area contributed by atoms with Crippen LogP contribution in [0.4, 0.5) is 0 Å². The Morgan fingerprint density at radius 2 is 1.87 bits per heavy atom. The van der Waals surface area contributed by atoms with E-state index in [-0.39, 0.29) is 5.91 Å². The van der Waals surface area contributed by atoms with Gasteiger partial charge in [0.05, 0.1) is 24.5 Å². The Hall–Kier alpha value is -4.23. The summed E-state index contributed by atoms with van der Waals surface area (Å²) in [7, 11) is 3.86. The van der Waals surface area contributed by atoms with Crippen LogP contribution >= 0.6 is 0 Å². The smallest absolute Gasteiger partial charge is 0.251 e. The number of carbonyl (C=O) groups is 1. The number of benzene rings is 2. The molecule has 7 nitrogen and oxygen atoms in total. The van der Waals surface area contributed by atoms with Crippen LogP contribution in [-0.4, -0.2) is 59.6 Å². The lowest BCUT2D eigenvalue weighted by molar-refractivity contribution is 0.0949. The summed E-state index contributed by atoms with van der Waals surface area (Å²) in [6.45, 7) is 3.01. The van der Waals surface area contributed by atoms with Crippen molar-refractivity contribution in [3.8, 4) is 28.1 Å². The first kappa shape index (κ1) is 25.1. The van der Waals surface area contributed by atoms with Gasteiger partial charge in [0, 0.05) is 51.9 Å². The van der Waals surface area contributed by atoms with Crippen LogP contribution in [0.2, 0.25) is 0 Å². The fourth-order valence-electron chi connectivity index (χ4n) is 5.63. The topological polar surface area (TPSA) is 83.1 Å². The van der Waals surface area contributed by atoms with E-state index < -0.39 is 0 Å². The van der Waals surface area contributed by atoms with Gasteiger partial charge >= 0.3 is 0 Å². The maximum absolute atomic E-state index is 12.9. The van der Waals surface area contributed by atoms with Crippen LogP contribution in [0.25, 0.3) is 44.2 Å². The van der Waals surface area contributed by atoms with Crippen LogP contribution in [0, 0.1) is 5.92 Å². The third kappa shape index (κ3) is 5.10. The molecule has 7 heteroatoms. The van der Waals surface area contributed by atoms with Crippen molar-refractivity contribution in [3.63, 3.8) is 0 Å². The molecule has 0 saturated carbocycles. The molecule has 1 fully saturated rings. The van der Waals surface area contributed by atoms with Crippen molar-refractivity contribution >= 4 is 27.7 Å². The molecule has 0 aliphatic carbocycles. The Labute approximate surface area is 228 Å². The number of aromatic nitrogens is 3. The van der Waals surface area contributed by atoms with Crippen LogP contribution in [-0.2, 0) is 0 Å². The van der Waals surface area contributed by atoms with Crippen LogP contribution in [0.1, 0.15) is 29.6 Å². The summed E-state index contributed by atoms with van der Waals surface area (Å²) in [5, 5.41) is 5.24. The molecule has 198 valence electrons. The van der Waals surface area contributed by atoms with Gasteiger partial charge in [0.15, 0.2) is 0 Å². The molecule has 39 heavy (non-hydrogen) atoms. The van der Waals surface area contributed by atoms with Crippen molar-refractivity contribution in [3.05, 3.63) is 78.8 Å². The minimum atomic E-state index is -0.0288. The lowest BCUT2D eigenvalue weighted by Gasteiger charge is -2.28. The molecule has 5 aromatic rings. The molecule has 2 N–H and O–H groups in total. The molecule has 1 aliphatic heterocycles. The lowest BCUT2D eigenvalue weighted by atomic mass is 9.94. The number of pyridine rings is 2. The van der Waals surface area contributed by atoms with Gasteiger partial charge in [-0.05, 0) is 93.3 Å². The predicted molar refractivity (Wildman–Crippen MR) is 156 cm³/mol. The minimum absolute atomic E-state index is 0.0288. The normalized spacial score (nSPS) is 14.6. The first-order valence-corrected chi connectivity index (χ1v) is 13.6. The average molecular weight is 520 g/mol. The molecule has 0 spiro atoms. The molecular weight excluding hydrogens is 486 g/mol. The van der Waals surface area contributed by atoms with Crippen molar-refractivity contribution in [2.24, 2.45) is 5.92 Å². The molecule has 6 rings (SSSR count). The third-order valence-corrected chi connectivity index (χ3v) is 7.90. The van der Waals surface area contributed by atoms with Crippen molar-refractivity contribution < 1.29 is 9.53 Å². The monoisotopic (exact) mass is 519 g/mol. The summed E-state index contributed by atoms with van der Waals surface area (Å²) in [4.78, 5) is 27.6. The fourth-order valence-corrected chi connectivity index (χ4v) is 5.63. The quantitative estimate of drug-likeness (QED) is 0.279. The number of rotatable bonds is 7. The van der Waals surface area contributed by atoms with Crippen molar-refractivity contribution in [1.82, 2.24) is 25.2 Å². The molecule has 1 amide bonds. The Kier molecular flexibility index (Phi) is 6.99. The van der Waals surface area contributed by atoms with Gasteiger partial charge in [0.1, 0.15) is 5.75 Å². The zero-order valence-electron chi connectivity index (χ0n) is 22.4. The number of nitrogens with one attached hydrogen (secondary N) is 2. The highest BCUT2D eigenvalue weighted by Gasteiger charge is 2.19. The number of hydrogen-bond donors (Lipinski definition) is 2. The van der Waals surface area contributed by atoms with Crippen LogP contribution in [0.3, 0.4) is 0 Å². The van der Waals surface area contributed by atoms with Crippen molar-refractivity contribution in [2.75, 3.05) is 33.8 Å². The number of hydrogen-bond acceptors (Lipinski definition) is 5. The standard InChI is InChI=1S/C32H33N5O2/c1-37-16-12-21(13-17-37)11-15-34-32(38)23-7-5-22(6-8-23)30-29(39-2)10-9-26-31(30)25-18-27(35-20-28(25)36-26)24-4-3-14-33-19-24/h3-10,14,18-21,36H,11-13,15-17H2,1-2H3,(H,34,38). The molecule has 1 saturated heterocycles. The number of amides is 1. The van der Waals surface area contributed by atoms with E-state index in [0.29, 0.717) is 18.0 Å². The lowest BCUT2D eigenvalue weighted by Crippen LogP contribution is -2.32. The number of piperidine rings is 1. The van der Waals surface area contributed by atoms with Crippen LogP contribution in [0.5, 0.6) is 5.75 Å². The van der Waals surface area contributed by atoms with Crippen molar-refractivity contribution in [1.29, 1.82) is 0 Å². The zero-order chi connectivity index (χ0) is 26.8. The van der Waals surface area contributed by atoms with E-state index in [0.717, 1.165) is 69.4 Å². The Balaban J connectivity index is 1.29. The first-order chi connectivity index (χ1) is 19.1. The van der Waals surface area contributed by atoms with Crippen LogP contribution < -0.4 is 10.1 Å². The molecule has 3 aromatic heterocycles. The highest BCUT2D eigenvalue weighted by molar-refractivity contribution is 6.16. The second kappa shape index (κ2) is 10.9. The Morgan fingerprint density at radius 3 is 2.62 bits per heavy atom. The molecule has 0 radical (unpaired) electrons. The number of H-pyrrole nitrogens is 1. The summed E-state index contributed by atoms with van der Waals surface area (Å²) in [6.07, 6.45) is 8.91.